The number of H-pyrrole nitrogens is 1. The molecule has 3 atom stereocenters. The second-order valence-electron chi connectivity index (χ2n) is 8.54. The van der Waals surface area contributed by atoms with Crippen molar-refractivity contribution in [3.05, 3.63) is 42.1 Å². The highest BCUT2D eigenvalue weighted by Crippen LogP contribution is 2.34. The molecule has 13 nitrogen and oxygen atoms in total. The molecule has 0 saturated carbocycles. The van der Waals surface area contributed by atoms with Crippen molar-refractivity contribution in [1.29, 1.82) is 5.26 Å². The predicted molar refractivity (Wildman–Crippen MR) is 124 cm³/mol. The van der Waals surface area contributed by atoms with Crippen LogP contribution in [0.5, 0.6) is 0 Å². The highest BCUT2D eigenvalue weighted by Gasteiger charge is 2.42. The van der Waals surface area contributed by atoms with E-state index >= 15 is 0 Å². The highest BCUT2D eigenvalue weighted by molar-refractivity contribution is 5.77. The third-order valence-corrected chi connectivity index (χ3v) is 5.60. The number of hydrogen-bond acceptors (Lipinski definition) is 9. The Hall–Kier alpha value is -4.51. The van der Waals surface area contributed by atoms with Crippen LogP contribution in [-0.2, 0) is 16.5 Å². The molecule has 0 bridgehead atoms. The number of ether oxygens (including phenoxy) is 2. The second-order valence-corrected chi connectivity index (χ2v) is 8.54. The van der Waals surface area contributed by atoms with Crippen LogP contribution >= 0.6 is 0 Å². The molecular formula is C22H23FN10O3. The van der Waals surface area contributed by atoms with Crippen LogP contribution in [0.4, 0.5) is 21.0 Å². The average molecular weight is 494 g/mol. The summed E-state index contributed by atoms with van der Waals surface area (Å²) in [6.07, 6.45) is 0.542. The minimum Gasteiger partial charge on any atom is -0.441 e. The molecule has 4 aromatic rings. The van der Waals surface area contributed by atoms with Crippen LogP contribution in [0, 0.1) is 11.3 Å². The number of amides is 1. The topological polar surface area (TPSA) is 160 Å². The summed E-state index contributed by atoms with van der Waals surface area (Å²) < 4.78 is 29.0. The number of nitrogens with zero attached hydrogens (tertiary/aromatic N) is 7. The maximum Gasteiger partial charge on any atom is 0.407 e. The lowest BCUT2D eigenvalue weighted by atomic mass is 10.1. The number of hydrogen-bond donors (Lipinski definition) is 3. The van der Waals surface area contributed by atoms with E-state index in [1.807, 2.05) is 12.1 Å². The summed E-state index contributed by atoms with van der Waals surface area (Å²) in [5.74, 6) is 0.690. The summed E-state index contributed by atoms with van der Waals surface area (Å²) in [4.78, 5) is 20.7. The first kappa shape index (κ1) is 23.2. The number of alkyl halides is 1. The number of aryl methyl sites for hydroxylation is 1. The van der Waals surface area contributed by atoms with Crippen LogP contribution in [0.3, 0.4) is 0 Å². The number of alkyl carbamates (subject to hydrolysis) is 1. The molecule has 5 rings (SSSR count). The maximum atomic E-state index is 15.0. The fraction of sp³-hybridized carbons (Fsp3) is 0.364. The number of fused-ring (bicyclic) bond motifs is 1. The van der Waals surface area contributed by atoms with Crippen molar-refractivity contribution in [3.63, 3.8) is 0 Å². The molecule has 1 aliphatic rings. The number of carbonyl (C=O) groups is 1. The minimum atomic E-state index is -1.58. The molecule has 36 heavy (non-hydrogen) atoms. The maximum absolute atomic E-state index is 15.0. The summed E-state index contributed by atoms with van der Waals surface area (Å²) in [6.45, 7) is 3.48. The lowest BCUT2D eigenvalue weighted by Gasteiger charge is -2.16. The molecule has 0 unspecified atom stereocenters. The second kappa shape index (κ2) is 9.27. The van der Waals surface area contributed by atoms with Gasteiger partial charge in [0.2, 0.25) is 5.95 Å². The Kier molecular flexibility index (Phi) is 5.98. The molecule has 0 aromatic carbocycles. The van der Waals surface area contributed by atoms with Gasteiger partial charge in [-0.1, -0.05) is 0 Å². The van der Waals surface area contributed by atoms with Gasteiger partial charge in [0.1, 0.15) is 12.2 Å². The van der Waals surface area contributed by atoms with Crippen molar-refractivity contribution in [2.75, 3.05) is 11.9 Å². The van der Waals surface area contributed by atoms with Crippen LogP contribution in [-0.4, -0.2) is 65.4 Å². The van der Waals surface area contributed by atoms with E-state index in [1.165, 1.54) is 0 Å². The Morgan fingerprint density at radius 2 is 2.28 bits per heavy atom. The van der Waals surface area contributed by atoms with Crippen molar-refractivity contribution in [2.45, 2.75) is 38.3 Å². The first-order valence-electron chi connectivity index (χ1n) is 11.2. The number of rotatable bonds is 6. The largest absolute Gasteiger partial charge is 0.441 e. The lowest BCUT2D eigenvalue weighted by molar-refractivity contribution is 0.0615. The van der Waals surface area contributed by atoms with Crippen LogP contribution in [0.2, 0.25) is 0 Å². The fourth-order valence-electron chi connectivity index (χ4n) is 3.95. The summed E-state index contributed by atoms with van der Waals surface area (Å²) >= 11 is 0. The zero-order valence-corrected chi connectivity index (χ0v) is 19.6. The van der Waals surface area contributed by atoms with Gasteiger partial charge in [-0.3, -0.25) is 14.2 Å². The van der Waals surface area contributed by atoms with Gasteiger partial charge in [-0.05, 0) is 19.9 Å². The van der Waals surface area contributed by atoms with E-state index in [0.717, 1.165) is 5.69 Å². The van der Waals surface area contributed by atoms with Crippen molar-refractivity contribution in [2.24, 2.45) is 7.05 Å². The molecule has 1 amide bonds. The van der Waals surface area contributed by atoms with E-state index in [2.05, 4.69) is 35.9 Å². The van der Waals surface area contributed by atoms with Gasteiger partial charge in [0, 0.05) is 31.5 Å². The fourth-order valence-corrected chi connectivity index (χ4v) is 3.95. The molecule has 0 spiro atoms. The molecule has 1 aliphatic heterocycles. The van der Waals surface area contributed by atoms with E-state index < -0.39 is 24.5 Å². The number of halogens is 1. The predicted octanol–water partition coefficient (Wildman–Crippen LogP) is 2.38. The van der Waals surface area contributed by atoms with Gasteiger partial charge in [-0.2, -0.15) is 15.5 Å². The van der Waals surface area contributed by atoms with E-state index in [9.17, 15) is 14.4 Å². The van der Waals surface area contributed by atoms with Crippen molar-refractivity contribution in [1.82, 2.24) is 39.7 Å². The van der Waals surface area contributed by atoms with Crippen LogP contribution < -0.4 is 10.6 Å². The molecule has 3 N–H and O–H groups in total. The molecule has 1 fully saturated rings. The zero-order valence-electron chi connectivity index (χ0n) is 19.6. The van der Waals surface area contributed by atoms with Gasteiger partial charge >= 0.3 is 6.09 Å². The van der Waals surface area contributed by atoms with Crippen molar-refractivity contribution in [3.8, 4) is 17.3 Å². The lowest BCUT2D eigenvalue weighted by Crippen LogP contribution is -2.36. The standard InChI is InChI=1S/C22H23FN10O3/c1-11(2)27-22(34)36-16-10-35-19(18(16)23)14-6-17(31-30-14)29-21-25-8-13(15-4-5-26-32(15)3)20-28-12(7-24)9-33(20)21/h4-6,8-9,11,16,18-19H,10H2,1-3H3,(H,27,34)(H2,25,29,30,31)/t16-,18+,19-/m1/s1. The summed E-state index contributed by atoms with van der Waals surface area (Å²) in [6, 6.07) is 5.31. The molecule has 0 radical (unpaired) electrons. The number of imidazole rings is 1. The number of anilines is 2. The smallest absolute Gasteiger partial charge is 0.407 e. The molecule has 4 aromatic heterocycles. The van der Waals surface area contributed by atoms with Gasteiger partial charge in [0.05, 0.1) is 29.8 Å². The van der Waals surface area contributed by atoms with Gasteiger partial charge < -0.3 is 20.1 Å². The van der Waals surface area contributed by atoms with Gasteiger partial charge in [0.15, 0.2) is 29.4 Å². The first-order chi connectivity index (χ1) is 17.3. The Bertz CT molecular complexity index is 1450. The minimum absolute atomic E-state index is 0.0806. The van der Waals surface area contributed by atoms with Crippen LogP contribution in [0.25, 0.3) is 16.9 Å². The third-order valence-electron chi connectivity index (χ3n) is 5.60. The van der Waals surface area contributed by atoms with E-state index in [1.54, 1.807) is 54.6 Å². The van der Waals surface area contributed by atoms with Gasteiger partial charge in [0.25, 0.3) is 0 Å². The number of aromatic nitrogens is 7. The SMILES string of the molecule is CC(C)NC(=O)O[C@@H]1CO[C@H](c2cc(Nc3ncc(-c4ccnn4C)c4nc(C#N)cn34)n[nH]2)[C@H]1F. The van der Waals surface area contributed by atoms with Crippen LogP contribution in [0.15, 0.2) is 30.7 Å². The number of aromatic amines is 1. The molecule has 5 heterocycles. The number of nitrogens with one attached hydrogen (secondary N) is 3. The Morgan fingerprint density at radius 3 is 3.00 bits per heavy atom. The molecule has 0 aliphatic carbocycles. The van der Waals surface area contributed by atoms with E-state index in [4.69, 9.17) is 9.47 Å². The third kappa shape index (κ3) is 4.31. The quantitative estimate of drug-likeness (QED) is 0.366. The highest BCUT2D eigenvalue weighted by atomic mass is 19.1. The average Bonchev–Trinajstić information content (AvgIpc) is 3.62. The normalized spacial score (nSPS) is 19.5. The Balaban J connectivity index is 1.36. The van der Waals surface area contributed by atoms with Gasteiger partial charge in [-0.15, -0.1) is 0 Å². The number of nitriles is 1. The van der Waals surface area contributed by atoms with E-state index in [0.29, 0.717) is 28.7 Å². The Labute approximate surface area is 204 Å². The van der Waals surface area contributed by atoms with Crippen molar-refractivity contribution >= 4 is 23.5 Å². The van der Waals surface area contributed by atoms with E-state index in [-0.39, 0.29) is 18.3 Å². The Morgan fingerprint density at radius 1 is 1.44 bits per heavy atom. The molecule has 1 saturated heterocycles. The van der Waals surface area contributed by atoms with Crippen molar-refractivity contribution < 1.29 is 18.7 Å². The summed E-state index contributed by atoms with van der Waals surface area (Å²) in [5.41, 5.74) is 2.56. The summed E-state index contributed by atoms with van der Waals surface area (Å²) in [5, 5.41) is 26.1. The van der Waals surface area contributed by atoms with Crippen LogP contribution in [0.1, 0.15) is 31.3 Å². The molecule has 14 heteroatoms. The first-order valence-corrected chi connectivity index (χ1v) is 11.2. The molecule has 186 valence electrons. The summed E-state index contributed by atoms with van der Waals surface area (Å²) in [7, 11) is 1.80. The monoisotopic (exact) mass is 494 g/mol. The molecular weight excluding hydrogens is 471 g/mol. The van der Waals surface area contributed by atoms with Gasteiger partial charge in [-0.25, -0.2) is 19.2 Å². The zero-order chi connectivity index (χ0) is 25.4. The number of carbonyl (C=O) groups excluding carboxylic acids is 1.